The van der Waals surface area contributed by atoms with E-state index in [0.29, 0.717) is 19.7 Å². The standard InChI is InChI=1S/C16H19NO4/c1-12-3-2-4-13(9-12)5-6-15(18)17-7-8-21-14(11-17)10-16(19)20/h2-6,9,14H,7-8,10-11H2,1H3,(H,19,20). The molecule has 0 radical (unpaired) electrons. The number of aliphatic carboxylic acids is 1. The third-order valence-corrected chi connectivity index (χ3v) is 3.31. The summed E-state index contributed by atoms with van der Waals surface area (Å²) < 4.78 is 5.35. The zero-order valence-electron chi connectivity index (χ0n) is 12.0. The SMILES string of the molecule is Cc1cccc(C=CC(=O)N2CCOC(CC(=O)O)C2)c1. The fraction of sp³-hybridized carbons (Fsp3) is 0.375. The van der Waals surface area contributed by atoms with E-state index >= 15 is 0 Å². The minimum atomic E-state index is -0.912. The molecule has 21 heavy (non-hydrogen) atoms. The highest BCUT2D eigenvalue weighted by atomic mass is 16.5. The summed E-state index contributed by atoms with van der Waals surface area (Å²) in [5.41, 5.74) is 2.11. The van der Waals surface area contributed by atoms with Crippen LogP contribution in [0, 0.1) is 6.92 Å². The van der Waals surface area contributed by atoms with Gasteiger partial charge in [-0.1, -0.05) is 29.8 Å². The Kier molecular flexibility index (Phi) is 5.11. The highest BCUT2D eigenvalue weighted by Gasteiger charge is 2.24. The number of nitrogens with zero attached hydrogens (tertiary/aromatic N) is 1. The summed E-state index contributed by atoms with van der Waals surface area (Å²) in [6, 6.07) is 7.87. The van der Waals surface area contributed by atoms with Gasteiger partial charge in [0.05, 0.1) is 19.1 Å². The smallest absolute Gasteiger partial charge is 0.306 e. The predicted octanol–water partition coefficient (Wildman–Crippen LogP) is 1.71. The Hall–Kier alpha value is -2.14. The van der Waals surface area contributed by atoms with Gasteiger partial charge in [0.25, 0.3) is 0 Å². The average molecular weight is 289 g/mol. The number of morpholine rings is 1. The van der Waals surface area contributed by atoms with Gasteiger partial charge in [-0.05, 0) is 18.6 Å². The number of carboxylic acid groups (broad SMARTS) is 1. The number of carboxylic acids is 1. The molecule has 1 amide bonds. The summed E-state index contributed by atoms with van der Waals surface area (Å²) in [5, 5.41) is 8.77. The molecule has 1 atom stereocenters. The lowest BCUT2D eigenvalue weighted by Gasteiger charge is -2.31. The summed E-state index contributed by atoms with van der Waals surface area (Å²) in [4.78, 5) is 24.4. The van der Waals surface area contributed by atoms with Crippen molar-refractivity contribution in [3.05, 3.63) is 41.5 Å². The minimum Gasteiger partial charge on any atom is -0.481 e. The van der Waals surface area contributed by atoms with Crippen molar-refractivity contribution in [3.8, 4) is 0 Å². The second kappa shape index (κ2) is 7.04. The monoisotopic (exact) mass is 289 g/mol. The summed E-state index contributed by atoms with van der Waals surface area (Å²) in [6.45, 7) is 3.19. The van der Waals surface area contributed by atoms with E-state index in [4.69, 9.17) is 9.84 Å². The second-order valence-corrected chi connectivity index (χ2v) is 5.12. The van der Waals surface area contributed by atoms with E-state index in [0.717, 1.165) is 11.1 Å². The lowest BCUT2D eigenvalue weighted by molar-refractivity contribution is -0.145. The Morgan fingerprint density at radius 2 is 2.29 bits per heavy atom. The number of carbonyl (C=O) groups excluding carboxylic acids is 1. The summed E-state index contributed by atoms with van der Waals surface area (Å²) in [5.74, 6) is -1.03. The molecule has 1 N–H and O–H groups in total. The Balaban J connectivity index is 1.94. The van der Waals surface area contributed by atoms with Crippen molar-refractivity contribution in [2.75, 3.05) is 19.7 Å². The largest absolute Gasteiger partial charge is 0.481 e. The van der Waals surface area contributed by atoms with Gasteiger partial charge in [-0.25, -0.2) is 0 Å². The first-order chi connectivity index (χ1) is 10.0. The molecule has 0 aromatic heterocycles. The molecule has 1 fully saturated rings. The Morgan fingerprint density at radius 3 is 3.00 bits per heavy atom. The number of benzene rings is 1. The van der Waals surface area contributed by atoms with Crippen LogP contribution in [0.15, 0.2) is 30.3 Å². The maximum absolute atomic E-state index is 12.1. The Bertz CT molecular complexity index is 553. The summed E-state index contributed by atoms with van der Waals surface area (Å²) in [7, 11) is 0. The molecule has 2 rings (SSSR count). The van der Waals surface area contributed by atoms with Gasteiger partial charge in [-0.15, -0.1) is 0 Å². The van der Waals surface area contributed by atoms with Crippen molar-refractivity contribution in [2.45, 2.75) is 19.4 Å². The van der Waals surface area contributed by atoms with Gasteiger partial charge in [0, 0.05) is 19.2 Å². The highest BCUT2D eigenvalue weighted by Crippen LogP contribution is 2.11. The van der Waals surface area contributed by atoms with Crippen molar-refractivity contribution in [1.29, 1.82) is 0 Å². The van der Waals surface area contributed by atoms with E-state index in [1.165, 1.54) is 6.08 Å². The van der Waals surface area contributed by atoms with E-state index < -0.39 is 12.1 Å². The van der Waals surface area contributed by atoms with Crippen molar-refractivity contribution >= 4 is 18.0 Å². The van der Waals surface area contributed by atoms with Gasteiger partial charge >= 0.3 is 5.97 Å². The van der Waals surface area contributed by atoms with E-state index in [9.17, 15) is 9.59 Å². The van der Waals surface area contributed by atoms with Gasteiger partial charge in [0.15, 0.2) is 0 Å². The fourth-order valence-electron chi connectivity index (χ4n) is 2.28. The van der Waals surface area contributed by atoms with Crippen LogP contribution in [0.1, 0.15) is 17.5 Å². The van der Waals surface area contributed by atoms with Crippen molar-refractivity contribution in [1.82, 2.24) is 4.90 Å². The Morgan fingerprint density at radius 1 is 1.48 bits per heavy atom. The van der Waals surface area contributed by atoms with Gasteiger partial charge < -0.3 is 14.7 Å². The number of ether oxygens (including phenoxy) is 1. The molecule has 0 saturated carbocycles. The number of carbonyl (C=O) groups is 2. The maximum Gasteiger partial charge on any atom is 0.306 e. The lowest BCUT2D eigenvalue weighted by atomic mass is 10.1. The van der Waals surface area contributed by atoms with Crippen LogP contribution in [-0.4, -0.2) is 47.7 Å². The quantitative estimate of drug-likeness (QED) is 0.857. The van der Waals surface area contributed by atoms with E-state index in [2.05, 4.69) is 0 Å². The predicted molar refractivity (Wildman–Crippen MR) is 78.8 cm³/mol. The zero-order valence-corrected chi connectivity index (χ0v) is 12.0. The maximum atomic E-state index is 12.1. The zero-order chi connectivity index (χ0) is 15.2. The molecular formula is C16H19NO4. The molecule has 5 nitrogen and oxygen atoms in total. The van der Waals surface area contributed by atoms with Crippen LogP contribution >= 0.6 is 0 Å². The number of hydrogen-bond donors (Lipinski definition) is 1. The molecule has 1 aromatic rings. The highest BCUT2D eigenvalue weighted by molar-refractivity contribution is 5.91. The average Bonchev–Trinajstić information content (AvgIpc) is 2.44. The number of hydrogen-bond acceptors (Lipinski definition) is 3. The third kappa shape index (κ3) is 4.72. The van der Waals surface area contributed by atoms with E-state index in [1.54, 1.807) is 11.0 Å². The minimum absolute atomic E-state index is 0.0780. The first-order valence-electron chi connectivity index (χ1n) is 6.91. The Labute approximate surface area is 123 Å². The number of rotatable bonds is 4. The number of amides is 1. The summed E-state index contributed by atoms with van der Waals surface area (Å²) >= 11 is 0. The van der Waals surface area contributed by atoms with Crippen LogP contribution in [0.5, 0.6) is 0 Å². The van der Waals surface area contributed by atoms with Gasteiger partial charge in [-0.3, -0.25) is 9.59 Å². The van der Waals surface area contributed by atoms with Crippen LogP contribution in [0.2, 0.25) is 0 Å². The van der Waals surface area contributed by atoms with Crippen molar-refractivity contribution in [2.24, 2.45) is 0 Å². The molecule has 1 aromatic carbocycles. The van der Waals surface area contributed by atoms with Crippen LogP contribution in [0.3, 0.4) is 0 Å². The van der Waals surface area contributed by atoms with Crippen LogP contribution < -0.4 is 0 Å². The van der Waals surface area contributed by atoms with Gasteiger partial charge in [0.1, 0.15) is 0 Å². The molecule has 0 bridgehead atoms. The van der Waals surface area contributed by atoms with Crippen LogP contribution in [0.4, 0.5) is 0 Å². The molecule has 5 heteroatoms. The molecule has 0 aliphatic carbocycles. The molecule has 112 valence electrons. The van der Waals surface area contributed by atoms with Gasteiger partial charge in [-0.2, -0.15) is 0 Å². The molecule has 1 aliphatic rings. The van der Waals surface area contributed by atoms with E-state index in [-0.39, 0.29) is 12.3 Å². The second-order valence-electron chi connectivity index (χ2n) is 5.12. The van der Waals surface area contributed by atoms with Crippen molar-refractivity contribution in [3.63, 3.8) is 0 Å². The first-order valence-corrected chi connectivity index (χ1v) is 6.91. The molecule has 1 aliphatic heterocycles. The fourth-order valence-corrected chi connectivity index (χ4v) is 2.28. The molecule has 1 unspecified atom stereocenters. The van der Waals surface area contributed by atoms with Crippen molar-refractivity contribution < 1.29 is 19.4 Å². The first kappa shape index (κ1) is 15.3. The van der Waals surface area contributed by atoms with Crippen LogP contribution in [0.25, 0.3) is 6.08 Å². The molecular weight excluding hydrogens is 270 g/mol. The van der Waals surface area contributed by atoms with Crippen LogP contribution in [-0.2, 0) is 14.3 Å². The molecule has 1 saturated heterocycles. The topological polar surface area (TPSA) is 66.8 Å². The normalized spacial score (nSPS) is 18.9. The summed E-state index contributed by atoms with van der Waals surface area (Å²) in [6.07, 6.45) is 2.80. The van der Waals surface area contributed by atoms with E-state index in [1.807, 2.05) is 31.2 Å². The molecule has 0 spiro atoms. The molecule has 1 heterocycles. The number of aryl methyl sites for hydroxylation is 1. The third-order valence-electron chi connectivity index (χ3n) is 3.31. The van der Waals surface area contributed by atoms with Gasteiger partial charge in [0.2, 0.25) is 5.91 Å². The lowest BCUT2D eigenvalue weighted by Crippen LogP contribution is -2.45.